The second-order valence-corrected chi connectivity index (χ2v) is 3.15. The third-order valence-corrected chi connectivity index (χ3v) is 1.87. The number of carbonyl (C=O) groups excluding carboxylic acids is 1. The number of phenols is 1. The standard InChI is InChI=1S/C10H8ClNO2/c1-6-4-7(2-3-9(12)13)5-8(11)10(6)14/h4-5,14H,1H3,(H2,12,13). The minimum Gasteiger partial charge on any atom is -0.506 e. The third-order valence-electron chi connectivity index (χ3n) is 1.58. The number of rotatable bonds is 0. The van der Waals surface area contributed by atoms with Gasteiger partial charge in [-0.1, -0.05) is 17.5 Å². The molecule has 0 radical (unpaired) electrons. The fourth-order valence-electron chi connectivity index (χ4n) is 0.942. The van der Waals surface area contributed by atoms with Gasteiger partial charge in [-0.3, -0.25) is 4.79 Å². The number of carbonyl (C=O) groups is 1. The smallest absolute Gasteiger partial charge is 0.293 e. The number of aromatic hydroxyl groups is 1. The van der Waals surface area contributed by atoms with Crippen LogP contribution in [0.3, 0.4) is 0 Å². The predicted octanol–water partition coefficient (Wildman–Crippen LogP) is 1.19. The van der Waals surface area contributed by atoms with E-state index < -0.39 is 5.91 Å². The van der Waals surface area contributed by atoms with Gasteiger partial charge in [-0.25, -0.2) is 0 Å². The lowest BCUT2D eigenvalue weighted by Gasteiger charge is -2.01. The van der Waals surface area contributed by atoms with E-state index >= 15 is 0 Å². The summed E-state index contributed by atoms with van der Waals surface area (Å²) >= 11 is 5.70. The Morgan fingerprint density at radius 2 is 2.21 bits per heavy atom. The molecule has 72 valence electrons. The molecule has 0 saturated heterocycles. The van der Waals surface area contributed by atoms with Crippen molar-refractivity contribution in [2.24, 2.45) is 5.73 Å². The van der Waals surface area contributed by atoms with Crippen LogP contribution in [0.1, 0.15) is 11.1 Å². The summed E-state index contributed by atoms with van der Waals surface area (Å²) in [5, 5.41) is 9.54. The molecule has 0 bridgehead atoms. The molecular weight excluding hydrogens is 202 g/mol. The van der Waals surface area contributed by atoms with Crippen LogP contribution >= 0.6 is 11.6 Å². The second-order valence-electron chi connectivity index (χ2n) is 2.74. The highest BCUT2D eigenvalue weighted by Gasteiger charge is 2.03. The molecule has 0 aliphatic rings. The topological polar surface area (TPSA) is 63.3 Å². The van der Waals surface area contributed by atoms with Gasteiger partial charge in [-0.15, -0.1) is 0 Å². The SMILES string of the molecule is Cc1cc(C#CC(N)=O)cc(Cl)c1O. The van der Waals surface area contributed by atoms with Crippen molar-refractivity contribution in [3.63, 3.8) is 0 Å². The van der Waals surface area contributed by atoms with Crippen LogP contribution in [0.25, 0.3) is 0 Å². The van der Waals surface area contributed by atoms with Crippen molar-refractivity contribution in [2.75, 3.05) is 0 Å². The van der Waals surface area contributed by atoms with Crippen LogP contribution in [0.2, 0.25) is 5.02 Å². The summed E-state index contributed by atoms with van der Waals surface area (Å²) in [5.74, 6) is 4.04. The average Bonchev–Trinajstić information content (AvgIpc) is 2.10. The second kappa shape index (κ2) is 4.03. The van der Waals surface area contributed by atoms with Gasteiger partial charge in [0.1, 0.15) is 5.75 Å². The van der Waals surface area contributed by atoms with Crippen molar-refractivity contribution in [3.05, 3.63) is 28.3 Å². The van der Waals surface area contributed by atoms with Crippen LogP contribution in [0.4, 0.5) is 0 Å². The van der Waals surface area contributed by atoms with Gasteiger partial charge >= 0.3 is 0 Å². The lowest BCUT2D eigenvalue weighted by molar-refractivity contribution is -0.112. The number of nitrogens with two attached hydrogens (primary N) is 1. The Morgan fingerprint density at radius 3 is 2.71 bits per heavy atom. The highest BCUT2D eigenvalue weighted by molar-refractivity contribution is 6.32. The van der Waals surface area contributed by atoms with Gasteiger partial charge in [0.05, 0.1) is 5.02 Å². The summed E-state index contributed by atoms with van der Waals surface area (Å²) in [7, 11) is 0. The maximum Gasteiger partial charge on any atom is 0.293 e. The Labute approximate surface area is 86.5 Å². The highest BCUT2D eigenvalue weighted by atomic mass is 35.5. The zero-order valence-corrected chi connectivity index (χ0v) is 8.22. The number of halogens is 1. The van der Waals surface area contributed by atoms with Crippen LogP contribution in [-0.4, -0.2) is 11.0 Å². The largest absolute Gasteiger partial charge is 0.506 e. The summed E-state index contributed by atoms with van der Waals surface area (Å²) in [6, 6.07) is 3.09. The van der Waals surface area contributed by atoms with Crippen LogP contribution in [0.5, 0.6) is 5.75 Å². The predicted molar refractivity (Wildman–Crippen MR) is 53.9 cm³/mol. The molecule has 0 aromatic heterocycles. The zero-order valence-electron chi connectivity index (χ0n) is 7.47. The van der Waals surface area contributed by atoms with Crippen LogP contribution in [0, 0.1) is 18.8 Å². The molecule has 0 fully saturated rings. The van der Waals surface area contributed by atoms with Crippen molar-refractivity contribution >= 4 is 17.5 Å². The molecule has 0 heterocycles. The molecule has 14 heavy (non-hydrogen) atoms. The Morgan fingerprint density at radius 1 is 1.57 bits per heavy atom. The van der Waals surface area contributed by atoms with Gasteiger partial charge in [0.15, 0.2) is 0 Å². The summed E-state index contributed by atoms with van der Waals surface area (Å²) in [6.45, 7) is 1.69. The number of primary amides is 1. The Bertz CT molecular complexity index is 420. The minimum absolute atomic E-state index is 0.0243. The normalized spacial score (nSPS) is 9.00. The first-order chi connectivity index (χ1) is 6.50. The number of amides is 1. The summed E-state index contributed by atoms with van der Waals surface area (Å²) in [5.41, 5.74) is 6.00. The molecule has 4 heteroatoms. The van der Waals surface area contributed by atoms with Crippen molar-refractivity contribution in [1.82, 2.24) is 0 Å². The van der Waals surface area contributed by atoms with E-state index in [4.69, 9.17) is 17.3 Å². The molecule has 1 aromatic carbocycles. The number of hydrogen-bond donors (Lipinski definition) is 2. The highest BCUT2D eigenvalue weighted by Crippen LogP contribution is 2.27. The fourth-order valence-corrected chi connectivity index (χ4v) is 1.21. The van der Waals surface area contributed by atoms with Gasteiger partial charge in [0, 0.05) is 5.56 Å². The van der Waals surface area contributed by atoms with Crippen molar-refractivity contribution in [3.8, 4) is 17.6 Å². The van der Waals surface area contributed by atoms with E-state index in [-0.39, 0.29) is 10.8 Å². The molecule has 3 nitrogen and oxygen atoms in total. The molecule has 0 saturated carbocycles. The van der Waals surface area contributed by atoms with Gasteiger partial charge in [0.25, 0.3) is 5.91 Å². The monoisotopic (exact) mass is 209 g/mol. The lowest BCUT2D eigenvalue weighted by atomic mass is 10.1. The zero-order chi connectivity index (χ0) is 10.7. The molecule has 1 amide bonds. The molecule has 0 aliphatic heterocycles. The quantitative estimate of drug-likeness (QED) is 0.631. The summed E-state index contributed by atoms with van der Waals surface area (Å²) in [6.07, 6.45) is 0. The van der Waals surface area contributed by atoms with Crippen LogP contribution in [-0.2, 0) is 4.79 Å². The molecule has 3 N–H and O–H groups in total. The molecule has 1 aromatic rings. The Hall–Kier alpha value is -1.66. The number of benzene rings is 1. The van der Waals surface area contributed by atoms with Gasteiger partial charge in [-0.2, -0.15) is 0 Å². The molecular formula is C10H8ClNO2. The van der Waals surface area contributed by atoms with Crippen molar-refractivity contribution in [1.29, 1.82) is 0 Å². The van der Waals surface area contributed by atoms with Crippen molar-refractivity contribution < 1.29 is 9.90 Å². The molecule has 0 atom stereocenters. The van der Waals surface area contributed by atoms with E-state index in [1.54, 1.807) is 13.0 Å². The summed E-state index contributed by atoms with van der Waals surface area (Å²) in [4.78, 5) is 10.4. The molecule has 0 spiro atoms. The van der Waals surface area contributed by atoms with Gasteiger partial charge < -0.3 is 10.8 Å². The first kappa shape index (κ1) is 10.4. The van der Waals surface area contributed by atoms with Gasteiger partial charge in [0.2, 0.25) is 0 Å². The van der Waals surface area contributed by atoms with Crippen LogP contribution in [0.15, 0.2) is 12.1 Å². The first-order valence-electron chi connectivity index (χ1n) is 3.81. The molecule has 1 rings (SSSR count). The lowest BCUT2D eigenvalue weighted by Crippen LogP contribution is -2.06. The van der Waals surface area contributed by atoms with E-state index in [1.165, 1.54) is 6.07 Å². The minimum atomic E-state index is -0.702. The Kier molecular flexibility index (Phi) is 3.00. The first-order valence-corrected chi connectivity index (χ1v) is 4.19. The fraction of sp³-hybridized carbons (Fsp3) is 0.100. The van der Waals surface area contributed by atoms with E-state index in [0.29, 0.717) is 11.1 Å². The third kappa shape index (κ3) is 2.41. The Balaban J connectivity index is 3.15. The maximum absolute atomic E-state index is 10.4. The van der Waals surface area contributed by atoms with Crippen LogP contribution < -0.4 is 5.73 Å². The van der Waals surface area contributed by atoms with Crippen molar-refractivity contribution in [2.45, 2.75) is 6.92 Å². The number of phenolic OH excluding ortho intramolecular Hbond substituents is 1. The van der Waals surface area contributed by atoms with E-state index in [1.807, 2.05) is 0 Å². The summed E-state index contributed by atoms with van der Waals surface area (Å²) < 4.78 is 0. The van der Waals surface area contributed by atoms with E-state index in [2.05, 4.69) is 11.8 Å². The number of hydrogen-bond acceptors (Lipinski definition) is 2. The molecule has 0 unspecified atom stereocenters. The van der Waals surface area contributed by atoms with Gasteiger partial charge in [-0.05, 0) is 30.5 Å². The van der Waals surface area contributed by atoms with E-state index in [0.717, 1.165) is 0 Å². The van der Waals surface area contributed by atoms with E-state index in [9.17, 15) is 9.90 Å². The number of aryl methyl sites for hydroxylation is 1. The maximum atomic E-state index is 10.4. The average molecular weight is 210 g/mol. The molecule has 0 aliphatic carbocycles.